The molecule has 0 bridgehead atoms. The van der Waals surface area contributed by atoms with Crippen LogP contribution in [0.1, 0.15) is 51.6 Å². The molecule has 0 saturated carbocycles. The van der Waals surface area contributed by atoms with Crippen LogP contribution in [0.4, 0.5) is 0 Å². The van der Waals surface area contributed by atoms with Gasteiger partial charge in [0.15, 0.2) is 0 Å². The van der Waals surface area contributed by atoms with Crippen LogP contribution >= 0.6 is 0 Å². The number of carboxylic acid groups (broad SMARTS) is 1. The van der Waals surface area contributed by atoms with Crippen molar-refractivity contribution in [3.63, 3.8) is 0 Å². The van der Waals surface area contributed by atoms with E-state index in [-0.39, 0.29) is 11.5 Å². The molecule has 1 fully saturated rings. The van der Waals surface area contributed by atoms with Crippen molar-refractivity contribution in [2.24, 2.45) is 0 Å². The first-order valence-corrected chi connectivity index (χ1v) is 12.4. The van der Waals surface area contributed by atoms with Crippen LogP contribution in [0.2, 0.25) is 0 Å². The second-order valence-electron chi connectivity index (χ2n) is 9.74. The summed E-state index contributed by atoms with van der Waals surface area (Å²) in [6.45, 7) is 7.87. The lowest BCUT2D eigenvalue weighted by atomic mass is 10.0. The van der Waals surface area contributed by atoms with Crippen molar-refractivity contribution in [2.75, 3.05) is 26.2 Å². The van der Waals surface area contributed by atoms with Crippen LogP contribution in [-0.2, 0) is 6.54 Å². The molecule has 1 N–H and O–H groups in total. The highest BCUT2D eigenvalue weighted by molar-refractivity contribution is 5.96. The summed E-state index contributed by atoms with van der Waals surface area (Å²) in [5, 5.41) is 10.5. The Hall–Kier alpha value is -3.90. The number of hydrogen-bond donors (Lipinski definition) is 1. The summed E-state index contributed by atoms with van der Waals surface area (Å²) in [7, 11) is 0. The molecule has 1 aliphatic rings. The standard InChI is InChI=1S/C30H31N3O3/c1-21(2)22-8-10-23(11-9-22)29(34)32-16-14-31(15-17-32)19-25-20-33(26-6-4-3-5-7-26)28-13-12-24(30(35)36)18-27(25)28/h3-13,18,20-21H,14-17,19H2,1-2H3,(H,35,36). The van der Waals surface area contributed by atoms with E-state index in [1.54, 1.807) is 12.1 Å². The normalized spacial score (nSPS) is 14.5. The molecule has 184 valence electrons. The second kappa shape index (κ2) is 9.99. The first kappa shape index (κ1) is 23.8. The SMILES string of the molecule is CC(C)c1ccc(C(=O)N2CCN(Cc3cn(-c4ccccc4)c4ccc(C(=O)O)cc34)CC2)cc1. The van der Waals surface area contributed by atoms with Gasteiger partial charge in [-0.25, -0.2) is 4.79 Å². The summed E-state index contributed by atoms with van der Waals surface area (Å²) in [6.07, 6.45) is 2.11. The average Bonchev–Trinajstić information content (AvgIpc) is 3.26. The van der Waals surface area contributed by atoms with Crippen molar-refractivity contribution in [3.05, 3.63) is 101 Å². The molecule has 1 amide bonds. The quantitative estimate of drug-likeness (QED) is 0.400. The molecule has 0 aliphatic carbocycles. The van der Waals surface area contributed by atoms with Crippen LogP contribution in [0, 0.1) is 0 Å². The van der Waals surface area contributed by atoms with Gasteiger partial charge in [0.1, 0.15) is 0 Å². The lowest BCUT2D eigenvalue weighted by Gasteiger charge is -2.34. The van der Waals surface area contributed by atoms with Gasteiger partial charge in [0.25, 0.3) is 5.91 Å². The number of hydrogen-bond acceptors (Lipinski definition) is 3. The van der Waals surface area contributed by atoms with Gasteiger partial charge in [-0.1, -0.05) is 44.2 Å². The van der Waals surface area contributed by atoms with Crippen molar-refractivity contribution >= 4 is 22.8 Å². The number of aromatic nitrogens is 1. The maximum atomic E-state index is 13.0. The van der Waals surface area contributed by atoms with Crippen LogP contribution in [0.5, 0.6) is 0 Å². The summed E-state index contributed by atoms with van der Waals surface area (Å²) in [5.74, 6) is -0.405. The number of fused-ring (bicyclic) bond motifs is 1. The second-order valence-corrected chi connectivity index (χ2v) is 9.74. The number of benzene rings is 3. The minimum Gasteiger partial charge on any atom is -0.478 e. The molecule has 0 radical (unpaired) electrons. The highest BCUT2D eigenvalue weighted by Crippen LogP contribution is 2.28. The van der Waals surface area contributed by atoms with Crippen molar-refractivity contribution in [1.82, 2.24) is 14.4 Å². The molecule has 1 saturated heterocycles. The molecular formula is C30H31N3O3. The zero-order valence-electron chi connectivity index (χ0n) is 20.7. The average molecular weight is 482 g/mol. The van der Waals surface area contributed by atoms with E-state index in [0.29, 0.717) is 25.6 Å². The zero-order chi connectivity index (χ0) is 25.2. The van der Waals surface area contributed by atoms with Crippen molar-refractivity contribution in [3.8, 4) is 5.69 Å². The fraction of sp³-hybridized carbons (Fsp3) is 0.267. The fourth-order valence-electron chi connectivity index (χ4n) is 4.90. The minimum absolute atomic E-state index is 0.0803. The lowest BCUT2D eigenvalue weighted by Crippen LogP contribution is -2.48. The van der Waals surface area contributed by atoms with E-state index in [1.807, 2.05) is 65.6 Å². The number of nitrogens with zero attached hydrogens (tertiary/aromatic N) is 3. The van der Waals surface area contributed by atoms with Gasteiger partial charge >= 0.3 is 5.97 Å². The molecule has 2 heterocycles. The molecule has 5 rings (SSSR count). The molecule has 0 unspecified atom stereocenters. The first-order valence-electron chi connectivity index (χ1n) is 12.4. The summed E-state index contributed by atoms with van der Waals surface area (Å²) in [4.78, 5) is 28.9. The summed E-state index contributed by atoms with van der Waals surface area (Å²) < 4.78 is 2.12. The van der Waals surface area contributed by atoms with Crippen LogP contribution < -0.4 is 0 Å². The fourth-order valence-corrected chi connectivity index (χ4v) is 4.90. The number of rotatable bonds is 6. The molecule has 4 aromatic rings. The van der Waals surface area contributed by atoms with Gasteiger partial charge in [0.2, 0.25) is 0 Å². The number of carbonyl (C=O) groups excluding carboxylic acids is 1. The number of para-hydroxylation sites is 1. The van der Waals surface area contributed by atoms with E-state index < -0.39 is 5.97 Å². The predicted molar refractivity (Wildman–Crippen MR) is 142 cm³/mol. The number of aromatic carboxylic acids is 1. The molecule has 1 aromatic heterocycles. The lowest BCUT2D eigenvalue weighted by molar-refractivity contribution is 0.0628. The zero-order valence-corrected chi connectivity index (χ0v) is 20.7. The topological polar surface area (TPSA) is 65.8 Å². The Morgan fingerprint density at radius 2 is 1.53 bits per heavy atom. The number of carbonyl (C=O) groups is 2. The molecule has 0 spiro atoms. The van der Waals surface area contributed by atoms with Gasteiger partial charge in [0.05, 0.1) is 11.1 Å². The van der Waals surface area contributed by atoms with Gasteiger partial charge in [-0.15, -0.1) is 0 Å². The van der Waals surface area contributed by atoms with Crippen molar-refractivity contribution in [1.29, 1.82) is 0 Å². The van der Waals surface area contributed by atoms with E-state index in [0.717, 1.165) is 40.8 Å². The number of amides is 1. The molecule has 1 aliphatic heterocycles. The molecule has 0 atom stereocenters. The third-order valence-electron chi connectivity index (χ3n) is 7.05. The van der Waals surface area contributed by atoms with Crippen molar-refractivity contribution in [2.45, 2.75) is 26.3 Å². The van der Waals surface area contributed by atoms with Gasteiger partial charge in [-0.3, -0.25) is 9.69 Å². The van der Waals surface area contributed by atoms with E-state index >= 15 is 0 Å². The highest BCUT2D eigenvalue weighted by atomic mass is 16.4. The summed E-state index contributed by atoms with van der Waals surface area (Å²) >= 11 is 0. The van der Waals surface area contributed by atoms with E-state index in [1.165, 1.54) is 5.56 Å². The molecule has 36 heavy (non-hydrogen) atoms. The Balaban J connectivity index is 1.33. The largest absolute Gasteiger partial charge is 0.478 e. The first-order chi connectivity index (χ1) is 17.4. The van der Waals surface area contributed by atoms with Gasteiger partial charge in [0, 0.05) is 55.6 Å². The molecular weight excluding hydrogens is 450 g/mol. The monoisotopic (exact) mass is 481 g/mol. The Morgan fingerprint density at radius 3 is 2.17 bits per heavy atom. The summed E-state index contributed by atoms with van der Waals surface area (Å²) in [5.41, 5.74) is 5.36. The Kier molecular flexibility index (Phi) is 6.61. The van der Waals surface area contributed by atoms with Gasteiger partial charge < -0.3 is 14.6 Å². The minimum atomic E-state index is -0.927. The van der Waals surface area contributed by atoms with E-state index in [4.69, 9.17) is 0 Å². The third kappa shape index (κ3) is 4.77. The number of piperazine rings is 1. The smallest absolute Gasteiger partial charge is 0.335 e. The number of carboxylic acids is 1. The van der Waals surface area contributed by atoms with Gasteiger partial charge in [-0.05, 0) is 59.5 Å². The van der Waals surface area contributed by atoms with Crippen LogP contribution in [0.15, 0.2) is 79.0 Å². The Labute approximate surface area is 211 Å². The maximum Gasteiger partial charge on any atom is 0.335 e. The summed E-state index contributed by atoms with van der Waals surface area (Å²) in [6, 6.07) is 23.3. The van der Waals surface area contributed by atoms with Crippen LogP contribution in [0.3, 0.4) is 0 Å². The van der Waals surface area contributed by atoms with Gasteiger partial charge in [-0.2, -0.15) is 0 Å². The maximum absolute atomic E-state index is 13.0. The molecule has 6 heteroatoms. The van der Waals surface area contributed by atoms with Crippen molar-refractivity contribution < 1.29 is 14.7 Å². The molecule has 3 aromatic carbocycles. The van der Waals surface area contributed by atoms with E-state index in [2.05, 4.69) is 29.5 Å². The Morgan fingerprint density at radius 1 is 0.861 bits per heavy atom. The third-order valence-corrected chi connectivity index (χ3v) is 7.05. The molecule has 6 nitrogen and oxygen atoms in total. The Bertz CT molecular complexity index is 1380. The highest BCUT2D eigenvalue weighted by Gasteiger charge is 2.23. The predicted octanol–water partition coefficient (Wildman–Crippen LogP) is 5.41. The van der Waals surface area contributed by atoms with Crippen LogP contribution in [0.25, 0.3) is 16.6 Å². The van der Waals surface area contributed by atoms with E-state index in [9.17, 15) is 14.7 Å². The van der Waals surface area contributed by atoms with Crippen LogP contribution in [-0.4, -0.2) is 57.5 Å².